The lowest BCUT2D eigenvalue weighted by Gasteiger charge is -2.09. The van der Waals surface area contributed by atoms with E-state index in [9.17, 15) is 0 Å². The fourth-order valence-corrected chi connectivity index (χ4v) is 4.05. The molecule has 1 fully saturated rings. The third-order valence-electron chi connectivity index (χ3n) is 5.25. The Morgan fingerprint density at radius 2 is 2.11 bits per heavy atom. The largest absolute Gasteiger partial charge is 0.0878 e. The zero-order valence-corrected chi connectivity index (χ0v) is 12.4. The molecule has 0 N–H and O–H groups in total. The second-order valence-electron chi connectivity index (χ2n) is 6.49. The molecule has 0 amide bonds. The molecule has 19 heavy (non-hydrogen) atoms. The van der Waals surface area contributed by atoms with Crippen molar-refractivity contribution in [3.63, 3.8) is 0 Å². The first-order valence-electron chi connectivity index (χ1n) is 7.99. The zero-order chi connectivity index (χ0) is 13.2. The number of allylic oxidation sites excluding steroid dienone is 8. The summed E-state index contributed by atoms with van der Waals surface area (Å²) in [5, 5.41) is 0. The van der Waals surface area contributed by atoms with E-state index in [1.54, 1.807) is 16.7 Å². The number of rotatable bonds is 0. The zero-order valence-electron chi connectivity index (χ0n) is 12.4. The van der Waals surface area contributed by atoms with Crippen LogP contribution in [0.3, 0.4) is 0 Å². The van der Waals surface area contributed by atoms with Crippen LogP contribution in [0.15, 0.2) is 47.1 Å². The summed E-state index contributed by atoms with van der Waals surface area (Å²) in [6, 6.07) is 0. The Morgan fingerprint density at radius 3 is 2.68 bits per heavy atom. The molecule has 0 aromatic carbocycles. The second-order valence-corrected chi connectivity index (χ2v) is 6.49. The number of hydrogen-bond donors (Lipinski definition) is 0. The molecule has 0 aromatic heterocycles. The van der Waals surface area contributed by atoms with E-state index < -0.39 is 0 Å². The maximum atomic E-state index is 2.37. The van der Waals surface area contributed by atoms with Gasteiger partial charge in [-0.15, -0.1) is 0 Å². The van der Waals surface area contributed by atoms with Gasteiger partial charge in [-0.25, -0.2) is 0 Å². The Morgan fingerprint density at radius 1 is 1.21 bits per heavy atom. The minimum Gasteiger partial charge on any atom is -0.0878 e. The van der Waals surface area contributed by atoms with E-state index in [0.29, 0.717) is 0 Å². The number of fused-ring (bicyclic) bond motifs is 2. The van der Waals surface area contributed by atoms with E-state index in [0.717, 1.165) is 17.8 Å². The van der Waals surface area contributed by atoms with E-state index in [2.05, 4.69) is 44.2 Å². The van der Waals surface area contributed by atoms with E-state index in [1.807, 2.05) is 0 Å². The first-order valence-corrected chi connectivity index (χ1v) is 7.99. The maximum Gasteiger partial charge on any atom is -0.00174 e. The molecule has 1 saturated carbocycles. The van der Waals surface area contributed by atoms with Gasteiger partial charge in [0.2, 0.25) is 0 Å². The van der Waals surface area contributed by atoms with E-state index in [-0.39, 0.29) is 0 Å². The molecule has 0 radical (unpaired) electrons. The minimum atomic E-state index is 0.833. The topological polar surface area (TPSA) is 0 Å². The smallest absolute Gasteiger partial charge is 0.00174 e. The predicted molar refractivity (Wildman–Crippen MR) is 82.9 cm³/mol. The molecule has 0 aromatic rings. The molecule has 3 atom stereocenters. The maximum absolute atomic E-state index is 2.37. The van der Waals surface area contributed by atoms with Crippen LogP contribution in [0.25, 0.3) is 0 Å². The van der Waals surface area contributed by atoms with Crippen LogP contribution < -0.4 is 0 Å². The average Bonchev–Trinajstić information content (AvgIpc) is 3.15. The van der Waals surface area contributed by atoms with Gasteiger partial charge in [-0.3, -0.25) is 0 Å². The molecular formula is C19H26. The highest BCUT2D eigenvalue weighted by atomic mass is 14.3. The van der Waals surface area contributed by atoms with Crippen LogP contribution >= 0.6 is 0 Å². The Kier molecular flexibility index (Phi) is 3.77. The molecule has 4 aliphatic rings. The highest BCUT2D eigenvalue weighted by Crippen LogP contribution is 2.42. The average molecular weight is 254 g/mol. The highest BCUT2D eigenvalue weighted by Gasteiger charge is 2.29. The highest BCUT2D eigenvalue weighted by molar-refractivity contribution is 5.34. The molecule has 0 spiro atoms. The van der Waals surface area contributed by atoms with Gasteiger partial charge in [0, 0.05) is 0 Å². The fraction of sp³-hybridized carbons (Fsp3) is 0.579. The molecule has 4 aliphatic carbocycles. The lowest BCUT2D eigenvalue weighted by Crippen LogP contribution is -1.93. The summed E-state index contributed by atoms with van der Waals surface area (Å²) in [5.74, 6) is 2.59. The summed E-state index contributed by atoms with van der Waals surface area (Å²) in [6.07, 6.45) is 19.8. The van der Waals surface area contributed by atoms with Crippen LogP contribution in [0.5, 0.6) is 0 Å². The standard InChI is InChI=1S/C10H14.C9H12/c1-8-6-7-9-4-2-3-5-10(8)9;1-2-8-5-7-3-4-9(8)6-7/h3,5,8H,2,4,6-7H2,1H3;2-4,7,9H,5-6H2,1H3/b;8-2+. The monoisotopic (exact) mass is 254 g/mol. The summed E-state index contributed by atoms with van der Waals surface area (Å²) in [5.41, 5.74) is 5.07. The third kappa shape index (κ3) is 2.63. The van der Waals surface area contributed by atoms with Gasteiger partial charge in [0.15, 0.2) is 0 Å². The van der Waals surface area contributed by atoms with E-state index in [4.69, 9.17) is 0 Å². The van der Waals surface area contributed by atoms with Crippen molar-refractivity contribution >= 4 is 0 Å². The van der Waals surface area contributed by atoms with Gasteiger partial charge in [-0.1, -0.05) is 48.5 Å². The van der Waals surface area contributed by atoms with Gasteiger partial charge in [0.05, 0.1) is 0 Å². The van der Waals surface area contributed by atoms with Crippen molar-refractivity contribution in [2.24, 2.45) is 17.8 Å². The van der Waals surface area contributed by atoms with E-state index >= 15 is 0 Å². The molecule has 0 heterocycles. The Balaban J connectivity index is 0.000000117. The quantitative estimate of drug-likeness (QED) is 0.494. The van der Waals surface area contributed by atoms with Crippen LogP contribution in [0, 0.1) is 17.8 Å². The van der Waals surface area contributed by atoms with Crippen molar-refractivity contribution in [1.82, 2.24) is 0 Å². The second kappa shape index (κ2) is 5.53. The van der Waals surface area contributed by atoms with Crippen molar-refractivity contribution in [2.45, 2.75) is 52.4 Å². The van der Waals surface area contributed by atoms with Crippen LogP contribution in [0.4, 0.5) is 0 Å². The van der Waals surface area contributed by atoms with Crippen LogP contribution in [-0.2, 0) is 0 Å². The van der Waals surface area contributed by atoms with Crippen molar-refractivity contribution < 1.29 is 0 Å². The summed E-state index contributed by atoms with van der Waals surface area (Å²) >= 11 is 0. The summed E-state index contributed by atoms with van der Waals surface area (Å²) in [7, 11) is 0. The van der Waals surface area contributed by atoms with Crippen molar-refractivity contribution in [3.05, 3.63) is 47.1 Å². The molecule has 102 valence electrons. The predicted octanol–water partition coefficient (Wildman–Crippen LogP) is 5.59. The summed E-state index contributed by atoms with van der Waals surface area (Å²) in [4.78, 5) is 0. The lowest BCUT2D eigenvalue weighted by atomic mass is 9.96. The van der Waals surface area contributed by atoms with Gasteiger partial charge < -0.3 is 0 Å². The lowest BCUT2D eigenvalue weighted by molar-refractivity contribution is 0.679. The molecule has 2 bridgehead atoms. The molecule has 4 rings (SSSR count). The normalized spacial score (nSPS) is 36.7. The van der Waals surface area contributed by atoms with Crippen molar-refractivity contribution in [2.75, 3.05) is 0 Å². The van der Waals surface area contributed by atoms with Crippen LogP contribution in [0.1, 0.15) is 52.4 Å². The van der Waals surface area contributed by atoms with Gasteiger partial charge in [0.25, 0.3) is 0 Å². The third-order valence-corrected chi connectivity index (χ3v) is 5.25. The summed E-state index contributed by atoms with van der Waals surface area (Å²) in [6.45, 7) is 4.50. The molecule has 0 saturated heterocycles. The molecule has 3 unspecified atom stereocenters. The van der Waals surface area contributed by atoms with Gasteiger partial charge in [0.1, 0.15) is 0 Å². The fourth-order valence-electron chi connectivity index (χ4n) is 4.05. The first kappa shape index (κ1) is 13.0. The molecular weight excluding hydrogens is 228 g/mol. The van der Waals surface area contributed by atoms with Crippen LogP contribution in [-0.4, -0.2) is 0 Å². The van der Waals surface area contributed by atoms with Crippen molar-refractivity contribution in [3.8, 4) is 0 Å². The van der Waals surface area contributed by atoms with Gasteiger partial charge in [-0.2, -0.15) is 0 Å². The number of hydrogen-bond acceptors (Lipinski definition) is 0. The Bertz CT molecular complexity index is 458. The molecule has 0 nitrogen and oxygen atoms in total. The minimum absolute atomic E-state index is 0.833. The molecule has 0 heteroatoms. The van der Waals surface area contributed by atoms with Crippen molar-refractivity contribution in [1.29, 1.82) is 0 Å². The Labute approximate surface area is 118 Å². The summed E-state index contributed by atoms with van der Waals surface area (Å²) < 4.78 is 0. The van der Waals surface area contributed by atoms with Crippen LogP contribution in [0.2, 0.25) is 0 Å². The van der Waals surface area contributed by atoms with E-state index in [1.165, 1.54) is 38.5 Å². The first-order chi connectivity index (χ1) is 9.28. The Hall–Kier alpha value is -1.04. The van der Waals surface area contributed by atoms with Gasteiger partial charge >= 0.3 is 0 Å². The molecule has 0 aliphatic heterocycles. The van der Waals surface area contributed by atoms with Gasteiger partial charge in [-0.05, 0) is 68.8 Å². The SMILES string of the molecule is C/C=C1\CC2C=CC1C2.CC1CCC2=C1C=CCC2.